The number of hydrogen-bond donors (Lipinski definition) is 1. The predicted molar refractivity (Wildman–Crippen MR) is 157 cm³/mol. The van der Waals surface area contributed by atoms with Crippen LogP contribution in [0.1, 0.15) is 10.4 Å². The first-order valence-electron chi connectivity index (χ1n) is 12.9. The van der Waals surface area contributed by atoms with E-state index in [1.165, 1.54) is 0 Å². The number of benzene rings is 4. The third-order valence-electron chi connectivity index (χ3n) is 7.21. The summed E-state index contributed by atoms with van der Waals surface area (Å²) in [4.78, 5) is 27.3. The van der Waals surface area contributed by atoms with E-state index < -0.39 is 11.5 Å². The molecule has 0 saturated heterocycles. The summed E-state index contributed by atoms with van der Waals surface area (Å²) in [5.74, 6) is -0.422. The van der Waals surface area contributed by atoms with E-state index in [1.54, 1.807) is 10.6 Å². The molecule has 3 heterocycles. The van der Waals surface area contributed by atoms with Crippen molar-refractivity contribution >= 4 is 27.7 Å². The van der Waals surface area contributed by atoms with Gasteiger partial charge in [-0.3, -0.25) is 18.8 Å². The summed E-state index contributed by atoms with van der Waals surface area (Å²) in [6.45, 7) is 0. The fraction of sp³-hybridized carbons (Fsp3) is 0.0303. The zero-order valence-electron chi connectivity index (χ0n) is 21.6. The Morgan fingerprint density at radius 3 is 1.90 bits per heavy atom. The monoisotopic (exact) mass is 521 g/mol. The molecule has 0 bridgehead atoms. The minimum atomic E-state index is -0.554. The smallest absolute Gasteiger partial charge is 0.276 e. The minimum Gasteiger partial charge on any atom is -0.276 e. The zero-order valence-corrected chi connectivity index (χ0v) is 21.6. The van der Waals surface area contributed by atoms with Crippen LogP contribution in [0.4, 0.5) is 0 Å². The number of aryl methyl sites for hydroxylation is 1. The summed E-state index contributed by atoms with van der Waals surface area (Å²) in [5, 5.41) is 13.8. The number of nitrogens with one attached hydrogen (secondary N) is 1. The van der Waals surface area contributed by atoms with Crippen LogP contribution in [0.2, 0.25) is 0 Å². The molecular formula is C33H23N5O2. The molecule has 7 aromatic rings. The van der Waals surface area contributed by atoms with Gasteiger partial charge in [0.15, 0.2) is 0 Å². The maximum absolute atomic E-state index is 14.1. The number of fused-ring (bicyclic) bond motifs is 3. The molecule has 7 heteroatoms. The van der Waals surface area contributed by atoms with Gasteiger partial charge in [0.2, 0.25) is 0 Å². The molecular weight excluding hydrogens is 498 g/mol. The van der Waals surface area contributed by atoms with Crippen molar-refractivity contribution in [3.63, 3.8) is 0 Å². The van der Waals surface area contributed by atoms with Crippen molar-refractivity contribution in [1.29, 1.82) is 0 Å². The fourth-order valence-corrected chi connectivity index (χ4v) is 5.45. The van der Waals surface area contributed by atoms with Gasteiger partial charge in [-0.2, -0.15) is 10.2 Å². The largest absolute Gasteiger partial charge is 0.277 e. The van der Waals surface area contributed by atoms with Crippen molar-refractivity contribution in [2.45, 2.75) is 0 Å². The van der Waals surface area contributed by atoms with E-state index >= 15 is 0 Å². The van der Waals surface area contributed by atoms with E-state index in [0.29, 0.717) is 11.4 Å². The molecule has 1 N–H and O–H groups in total. The second-order valence-electron chi connectivity index (χ2n) is 9.60. The summed E-state index contributed by atoms with van der Waals surface area (Å²) in [6, 6.07) is 36.7. The lowest BCUT2D eigenvalue weighted by molar-refractivity contribution is 0.0968. The van der Waals surface area contributed by atoms with Crippen LogP contribution in [0.3, 0.4) is 0 Å². The quantitative estimate of drug-likeness (QED) is 0.295. The van der Waals surface area contributed by atoms with Crippen LogP contribution in [0.5, 0.6) is 0 Å². The van der Waals surface area contributed by atoms with Gasteiger partial charge in [0.1, 0.15) is 11.3 Å². The number of aromatic nitrogens is 5. The number of aromatic amines is 1. The Morgan fingerprint density at radius 1 is 0.725 bits per heavy atom. The Kier molecular flexibility index (Phi) is 5.49. The molecule has 40 heavy (non-hydrogen) atoms. The highest BCUT2D eigenvalue weighted by Crippen LogP contribution is 2.39. The van der Waals surface area contributed by atoms with Gasteiger partial charge in [0.25, 0.3) is 11.5 Å². The molecule has 0 aliphatic carbocycles. The standard InChI is InChI=1S/C33H23N5O2/c1-37-31(22-14-6-3-7-15-22)29(30(36-37)21-12-4-2-5-13-21)26-20-25(32(39)35-34-26)33(40)38-27-18-10-8-16-23(27)24-17-9-11-19-28(24)38/h2-20H,1H3,(H,35,39). The average molecular weight is 522 g/mol. The summed E-state index contributed by atoms with van der Waals surface area (Å²) in [7, 11) is 1.88. The van der Waals surface area contributed by atoms with Gasteiger partial charge in [-0.1, -0.05) is 97.1 Å². The van der Waals surface area contributed by atoms with Crippen molar-refractivity contribution in [3.05, 3.63) is 131 Å². The molecule has 3 aromatic heterocycles. The molecule has 7 rings (SSSR count). The van der Waals surface area contributed by atoms with Gasteiger partial charge in [0, 0.05) is 28.9 Å². The van der Waals surface area contributed by atoms with E-state index in [0.717, 1.165) is 44.2 Å². The van der Waals surface area contributed by atoms with Crippen LogP contribution in [0.15, 0.2) is 120 Å². The van der Waals surface area contributed by atoms with Crippen molar-refractivity contribution in [3.8, 4) is 33.8 Å². The molecule has 0 fully saturated rings. The van der Waals surface area contributed by atoms with E-state index in [9.17, 15) is 9.59 Å². The lowest BCUT2D eigenvalue weighted by atomic mass is 9.98. The Bertz CT molecular complexity index is 2050. The molecule has 0 radical (unpaired) electrons. The third kappa shape index (κ3) is 3.67. The number of nitrogens with zero attached hydrogens (tertiary/aromatic N) is 4. The van der Waals surface area contributed by atoms with Gasteiger partial charge in [0.05, 0.1) is 28.0 Å². The summed E-state index contributed by atoms with van der Waals surface area (Å²) >= 11 is 0. The minimum absolute atomic E-state index is 0.00150. The first-order valence-corrected chi connectivity index (χ1v) is 12.9. The van der Waals surface area contributed by atoms with Crippen LogP contribution in [0.25, 0.3) is 55.6 Å². The number of carbonyl (C=O) groups excluding carboxylic acids is 1. The molecule has 192 valence electrons. The van der Waals surface area contributed by atoms with Gasteiger partial charge in [-0.05, 0) is 18.2 Å². The van der Waals surface area contributed by atoms with Gasteiger partial charge >= 0.3 is 0 Å². The van der Waals surface area contributed by atoms with Crippen LogP contribution in [-0.2, 0) is 7.05 Å². The second kappa shape index (κ2) is 9.32. The fourth-order valence-electron chi connectivity index (χ4n) is 5.45. The van der Waals surface area contributed by atoms with Gasteiger partial charge in [-0.15, -0.1) is 0 Å². The normalized spacial score (nSPS) is 11.3. The lowest BCUT2D eigenvalue weighted by Gasteiger charge is -2.10. The van der Waals surface area contributed by atoms with E-state index in [4.69, 9.17) is 5.10 Å². The molecule has 7 nitrogen and oxygen atoms in total. The zero-order chi connectivity index (χ0) is 27.2. The lowest BCUT2D eigenvalue weighted by Crippen LogP contribution is -2.24. The molecule has 0 aliphatic heterocycles. The third-order valence-corrected chi connectivity index (χ3v) is 7.21. The van der Waals surface area contributed by atoms with E-state index in [2.05, 4.69) is 10.2 Å². The van der Waals surface area contributed by atoms with Crippen LogP contribution in [-0.4, -0.2) is 30.5 Å². The van der Waals surface area contributed by atoms with Crippen LogP contribution < -0.4 is 5.56 Å². The van der Waals surface area contributed by atoms with E-state index in [1.807, 2.05) is 121 Å². The first kappa shape index (κ1) is 23.5. The Labute approximate surface area is 229 Å². The number of para-hydroxylation sites is 2. The molecule has 0 spiro atoms. The van der Waals surface area contributed by atoms with Gasteiger partial charge in [-0.25, -0.2) is 5.10 Å². The first-order chi connectivity index (χ1) is 19.6. The summed E-state index contributed by atoms with van der Waals surface area (Å²) < 4.78 is 3.42. The summed E-state index contributed by atoms with van der Waals surface area (Å²) in [5.41, 5.74) is 5.48. The molecule has 4 aromatic carbocycles. The van der Waals surface area contributed by atoms with Crippen LogP contribution in [0, 0.1) is 0 Å². The number of H-pyrrole nitrogens is 1. The number of hydrogen-bond acceptors (Lipinski definition) is 4. The molecule has 0 aliphatic rings. The SMILES string of the molecule is Cn1nc(-c2ccccc2)c(-c2cc(C(=O)n3c4ccccc4c4ccccc43)c(=O)[nH]n2)c1-c1ccccc1. The number of rotatable bonds is 4. The van der Waals surface area contributed by atoms with Gasteiger partial charge < -0.3 is 0 Å². The molecule has 0 atom stereocenters. The predicted octanol–water partition coefficient (Wildman–Crippen LogP) is 6.30. The Morgan fingerprint density at radius 2 is 1.27 bits per heavy atom. The van der Waals surface area contributed by atoms with Crippen molar-refractivity contribution in [2.75, 3.05) is 0 Å². The molecule has 0 amide bonds. The Hall–Kier alpha value is -5.56. The highest BCUT2D eigenvalue weighted by Gasteiger charge is 2.25. The Balaban J connectivity index is 1.48. The van der Waals surface area contributed by atoms with Crippen molar-refractivity contribution in [2.24, 2.45) is 7.05 Å². The second-order valence-corrected chi connectivity index (χ2v) is 9.60. The highest BCUT2D eigenvalue weighted by molar-refractivity contribution is 6.16. The van der Waals surface area contributed by atoms with Crippen LogP contribution >= 0.6 is 0 Å². The molecule has 0 saturated carbocycles. The highest BCUT2D eigenvalue weighted by atomic mass is 16.2. The average Bonchev–Trinajstić information content (AvgIpc) is 3.53. The topological polar surface area (TPSA) is 85.6 Å². The maximum Gasteiger partial charge on any atom is 0.277 e. The number of carbonyl (C=O) groups is 1. The maximum atomic E-state index is 14.1. The van der Waals surface area contributed by atoms with E-state index in [-0.39, 0.29) is 5.56 Å². The van der Waals surface area contributed by atoms with Crippen molar-refractivity contribution in [1.82, 2.24) is 24.5 Å². The summed E-state index contributed by atoms with van der Waals surface area (Å²) in [6.07, 6.45) is 0. The van der Waals surface area contributed by atoms with Crippen molar-refractivity contribution < 1.29 is 4.79 Å². The molecule has 0 unspecified atom stereocenters.